The summed E-state index contributed by atoms with van der Waals surface area (Å²) in [6, 6.07) is 8.37. The highest BCUT2D eigenvalue weighted by molar-refractivity contribution is 5.94. The zero-order valence-corrected chi connectivity index (χ0v) is 10.0. The van der Waals surface area contributed by atoms with Crippen molar-refractivity contribution in [1.29, 1.82) is 0 Å². The maximum atomic E-state index is 11.8. The van der Waals surface area contributed by atoms with E-state index in [9.17, 15) is 20.0 Å². The second kappa shape index (κ2) is 5.27. The van der Waals surface area contributed by atoms with Crippen molar-refractivity contribution >= 4 is 11.7 Å². The number of carbonyl (C=O) groups excluding carboxylic acids is 1. The third-order valence-electron chi connectivity index (χ3n) is 2.46. The van der Waals surface area contributed by atoms with Crippen molar-refractivity contribution in [3.05, 3.63) is 58.1 Å². The number of phenols is 2. The first-order valence-electron chi connectivity index (χ1n) is 5.46. The van der Waals surface area contributed by atoms with Crippen molar-refractivity contribution in [2.75, 3.05) is 0 Å². The Morgan fingerprint density at radius 1 is 1.10 bits per heavy atom. The second-order valence-electron chi connectivity index (χ2n) is 3.84. The van der Waals surface area contributed by atoms with Gasteiger partial charge in [0, 0.05) is 18.2 Å². The van der Waals surface area contributed by atoms with Crippen LogP contribution in [0.15, 0.2) is 42.5 Å². The van der Waals surface area contributed by atoms with Crippen molar-refractivity contribution in [3.8, 4) is 17.2 Å². The number of nitrogens with zero attached hydrogens (tertiary/aromatic N) is 1. The van der Waals surface area contributed by atoms with Gasteiger partial charge in [0.15, 0.2) is 0 Å². The van der Waals surface area contributed by atoms with E-state index in [2.05, 4.69) is 0 Å². The summed E-state index contributed by atoms with van der Waals surface area (Å²) in [5.74, 6) is -1.34. The number of carbonyl (C=O) groups is 1. The van der Waals surface area contributed by atoms with Crippen molar-refractivity contribution in [2.24, 2.45) is 0 Å². The molecule has 7 nitrogen and oxygen atoms in total. The van der Waals surface area contributed by atoms with Crippen LogP contribution in [0.3, 0.4) is 0 Å². The number of nitro benzene ring substituents is 1. The lowest BCUT2D eigenvalue weighted by Gasteiger charge is -2.06. The fourth-order valence-electron chi connectivity index (χ4n) is 1.49. The fourth-order valence-corrected chi connectivity index (χ4v) is 1.49. The van der Waals surface area contributed by atoms with Gasteiger partial charge in [-0.2, -0.15) is 0 Å². The maximum absolute atomic E-state index is 11.8. The highest BCUT2D eigenvalue weighted by atomic mass is 16.6. The van der Waals surface area contributed by atoms with Gasteiger partial charge in [-0.25, -0.2) is 4.79 Å². The van der Waals surface area contributed by atoms with E-state index in [0.717, 1.165) is 6.07 Å². The minimum absolute atomic E-state index is 0.105. The van der Waals surface area contributed by atoms with Gasteiger partial charge >= 0.3 is 5.97 Å². The zero-order valence-electron chi connectivity index (χ0n) is 10.0. The van der Waals surface area contributed by atoms with Crippen LogP contribution in [0.1, 0.15) is 10.4 Å². The van der Waals surface area contributed by atoms with Gasteiger partial charge < -0.3 is 14.9 Å². The van der Waals surface area contributed by atoms with E-state index >= 15 is 0 Å². The van der Waals surface area contributed by atoms with E-state index in [1.165, 1.54) is 36.4 Å². The van der Waals surface area contributed by atoms with Crippen LogP contribution >= 0.6 is 0 Å². The van der Waals surface area contributed by atoms with Gasteiger partial charge in [0.2, 0.25) is 0 Å². The molecule has 0 heterocycles. The van der Waals surface area contributed by atoms with Crippen LogP contribution in [0.2, 0.25) is 0 Å². The molecule has 20 heavy (non-hydrogen) atoms. The van der Waals surface area contributed by atoms with E-state index in [4.69, 9.17) is 9.84 Å². The quantitative estimate of drug-likeness (QED) is 0.384. The number of nitro groups is 1. The number of ether oxygens (including phenoxy) is 1. The Balaban J connectivity index is 2.17. The van der Waals surface area contributed by atoms with Crippen LogP contribution in [0.5, 0.6) is 17.2 Å². The third kappa shape index (κ3) is 2.83. The third-order valence-corrected chi connectivity index (χ3v) is 2.46. The summed E-state index contributed by atoms with van der Waals surface area (Å²) in [5, 5.41) is 29.1. The standard InChI is InChI=1S/C13H9NO6/c15-9-3-6-11(12(16)7-9)13(17)20-10-4-1-8(2-5-10)14(18)19/h1-7,15-16H. The average molecular weight is 275 g/mol. The topological polar surface area (TPSA) is 110 Å². The molecule has 0 atom stereocenters. The molecule has 7 heteroatoms. The molecule has 0 saturated carbocycles. The molecule has 0 saturated heterocycles. The minimum Gasteiger partial charge on any atom is -0.508 e. The average Bonchev–Trinajstić information content (AvgIpc) is 2.39. The van der Waals surface area contributed by atoms with E-state index < -0.39 is 16.6 Å². The number of rotatable bonds is 3. The van der Waals surface area contributed by atoms with E-state index in [1.54, 1.807) is 0 Å². The highest BCUT2D eigenvalue weighted by Crippen LogP contribution is 2.24. The molecular weight excluding hydrogens is 266 g/mol. The molecule has 0 radical (unpaired) electrons. The highest BCUT2D eigenvalue weighted by Gasteiger charge is 2.14. The van der Waals surface area contributed by atoms with Crippen molar-refractivity contribution < 1.29 is 24.7 Å². The van der Waals surface area contributed by atoms with E-state index in [1.807, 2.05) is 0 Å². The maximum Gasteiger partial charge on any atom is 0.347 e. The lowest BCUT2D eigenvalue weighted by molar-refractivity contribution is -0.384. The van der Waals surface area contributed by atoms with Gasteiger partial charge in [-0.1, -0.05) is 0 Å². The first kappa shape index (κ1) is 13.3. The van der Waals surface area contributed by atoms with Gasteiger partial charge in [0.1, 0.15) is 22.8 Å². The molecule has 2 rings (SSSR count). The van der Waals surface area contributed by atoms with Crippen LogP contribution in [0.25, 0.3) is 0 Å². The van der Waals surface area contributed by atoms with Crippen LogP contribution in [0, 0.1) is 10.1 Å². The monoisotopic (exact) mass is 275 g/mol. The molecule has 0 bridgehead atoms. The van der Waals surface area contributed by atoms with Gasteiger partial charge in [0.05, 0.1) is 4.92 Å². The number of esters is 1. The number of hydrogen-bond acceptors (Lipinski definition) is 6. The largest absolute Gasteiger partial charge is 0.508 e. The predicted octanol–water partition coefficient (Wildman–Crippen LogP) is 2.23. The Morgan fingerprint density at radius 2 is 1.75 bits per heavy atom. The number of phenolic OH excluding ortho intramolecular Hbond substituents is 2. The van der Waals surface area contributed by atoms with E-state index in [-0.39, 0.29) is 22.7 Å². The van der Waals surface area contributed by atoms with Crippen molar-refractivity contribution in [1.82, 2.24) is 0 Å². The molecule has 0 aliphatic heterocycles. The molecule has 0 unspecified atom stereocenters. The summed E-state index contributed by atoms with van der Waals surface area (Å²) in [5.41, 5.74) is -0.251. The van der Waals surface area contributed by atoms with Crippen LogP contribution < -0.4 is 4.74 Å². The summed E-state index contributed by atoms with van der Waals surface area (Å²) < 4.78 is 4.95. The SMILES string of the molecule is O=C(Oc1ccc([N+](=O)[O-])cc1)c1ccc(O)cc1O. The number of hydrogen-bond donors (Lipinski definition) is 2. The van der Waals surface area contributed by atoms with Gasteiger partial charge in [0.25, 0.3) is 5.69 Å². The summed E-state index contributed by atoms with van der Waals surface area (Å²) in [6.45, 7) is 0. The predicted molar refractivity (Wildman–Crippen MR) is 67.8 cm³/mol. The number of non-ortho nitro benzene ring substituents is 1. The molecule has 0 amide bonds. The molecule has 0 aliphatic rings. The normalized spacial score (nSPS) is 10.0. The molecule has 0 spiro atoms. The van der Waals surface area contributed by atoms with E-state index in [0.29, 0.717) is 0 Å². The van der Waals surface area contributed by atoms with Gasteiger partial charge in [-0.3, -0.25) is 10.1 Å². The zero-order chi connectivity index (χ0) is 14.7. The Hall–Kier alpha value is -3.09. The van der Waals surface area contributed by atoms with Gasteiger partial charge in [-0.15, -0.1) is 0 Å². The van der Waals surface area contributed by atoms with Gasteiger partial charge in [-0.05, 0) is 24.3 Å². The molecule has 2 aromatic rings. The molecule has 2 N–H and O–H groups in total. The lowest BCUT2D eigenvalue weighted by Crippen LogP contribution is -2.08. The lowest BCUT2D eigenvalue weighted by atomic mass is 10.2. The number of aromatic hydroxyl groups is 2. The van der Waals surface area contributed by atoms with Crippen LogP contribution in [-0.4, -0.2) is 21.1 Å². The number of benzene rings is 2. The molecule has 0 fully saturated rings. The summed E-state index contributed by atoms with van der Waals surface area (Å²) >= 11 is 0. The molecular formula is C13H9NO6. The first-order valence-corrected chi connectivity index (χ1v) is 5.46. The molecule has 0 aliphatic carbocycles. The molecule has 2 aromatic carbocycles. The Kier molecular flexibility index (Phi) is 3.52. The van der Waals surface area contributed by atoms with Crippen LogP contribution in [0.4, 0.5) is 5.69 Å². The fraction of sp³-hybridized carbons (Fsp3) is 0. The summed E-state index contributed by atoms with van der Waals surface area (Å²) in [4.78, 5) is 21.7. The Morgan fingerprint density at radius 3 is 2.30 bits per heavy atom. The van der Waals surface area contributed by atoms with Crippen LogP contribution in [-0.2, 0) is 0 Å². The first-order chi connectivity index (χ1) is 9.47. The smallest absolute Gasteiger partial charge is 0.347 e. The Bertz CT molecular complexity index is 665. The van der Waals surface area contributed by atoms with Crippen molar-refractivity contribution in [3.63, 3.8) is 0 Å². The van der Waals surface area contributed by atoms with Crippen molar-refractivity contribution in [2.45, 2.75) is 0 Å². The second-order valence-corrected chi connectivity index (χ2v) is 3.84. The Labute approximate surface area is 112 Å². The minimum atomic E-state index is -0.837. The summed E-state index contributed by atoms with van der Waals surface area (Å²) in [7, 11) is 0. The summed E-state index contributed by atoms with van der Waals surface area (Å²) in [6.07, 6.45) is 0. The molecule has 102 valence electrons. The molecule has 0 aromatic heterocycles.